The number of nitrogens with one attached hydrogen (secondary N) is 1. The minimum absolute atomic E-state index is 0.247. The molecule has 5 heteroatoms. The lowest BCUT2D eigenvalue weighted by Gasteiger charge is -2.26. The topological polar surface area (TPSA) is 55.4 Å². The molecule has 0 bridgehead atoms. The van der Waals surface area contributed by atoms with Crippen molar-refractivity contribution in [2.24, 2.45) is 0 Å². The second-order valence-corrected chi connectivity index (χ2v) is 8.51. The molecule has 0 fully saturated rings. The summed E-state index contributed by atoms with van der Waals surface area (Å²) >= 11 is 0. The fourth-order valence-electron chi connectivity index (χ4n) is 2.61. The van der Waals surface area contributed by atoms with Crippen LogP contribution in [-0.4, -0.2) is 20.6 Å². The summed E-state index contributed by atoms with van der Waals surface area (Å²) in [5, 5.41) is 0. The maximum absolute atomic E-state index is 12.7. The van der Waals surface area contributed by atoms with E-state index < -0.39 is 15.6 Å². The SMILES string of the molecule is CCCCOc1ccc(S(=O)(=O)NC(C)(C)Cc2ccccc2)cc1. The fraction of sp³-hybridized carbons (Fsp3) is 0.400. The number of sulfonamides is 1. The van der Waals surface area contributed by atoms with E-state index in [9.17, 15) is 8.42 Å². The predicted octanol–water partition coefficient (Wildman–Crippen LogP) is 4.17. The van der Waals surface area contributed by atoms with Crippen molar-refractivity contribution in [3.05, 3.63) is 60.2 Å². The van der Waals surface area contributed by atoms with Gasteiger partial charge in [0.25, 0.3) is 0 Å². The highest BCUT2D eigenvalue weighted by molar-refractivity contribution is 7.89. The molecule has 0 heterocycles. The molecule has 0 amide bonds. The second-order valence-electron chi connectivity index (χ2n) is 6.83. The molecule has 0 spiro atoms. The quantitative estimate of drug-likeness (QED) is 0.682. The van der Waals surface area contributed by atoms with Crippen molar-refractivity contribution in [3.63, 3.8) is 0 Å². The van der Waals surface area contributed by atoms with Crippen LogP contribution in [0.1, 0.15) is 39.2 Å². The number of hydrogen-bond donors (Lipinski definition) is 1. The first-order chi connectivity index (χ1) is 11.8. The Labute approximate surface area is 151 Å². The van der Waals surface area contributed by atoms with E-state index in [2.05, 4.69) is 11.6 Å². The Morgan fingerprint density at radius 2 is 1.64 bits per heavy atom. The van der Waals surface area contributed by atoms with Gasteiger partial charge in [-0.25, -0.2) is 13.1 Å². The van der Waals surface area contributed by atoms with Gasteiger partial charge in [0.05, 0.1) is 11.5 Å². The van der Waals surface area contributed by atoms with Crippen molar-refractivity contribution >= 4 is 10.0 Å². The van der Waals surface area contributed by atoms with Crippen LogP contribution in [0.25, 0.3) is 0 Å². The van der Waals surface area contributed by atoms with E-state index in [0.717, 1.165) is 18.4 Å². The summed E-state index contributed by atoms with van der Waals surface area (Å²) in [5.74, 6) is 0.691. The molecule has 0 aliphatic carbocycles. The molecule has 25 heavy (non-hydrogen) atoms. The van der Waals surface area contributed by atoms with E-state index in [1.807, 2.05) is 44.2 Å². The highest BCUT2D eigenvalue weighted by Crippen LogP contribution is 2.20. The third kappa shape index (κ3) is 6.18. The Balaban J connectivity index is 2.04. The Hall–Kier alpha value is -1.85. The van der Waals surface area contributed by atoms with Crippen molar-refractivity contribution in [3.8, 4) is 5.75 Å². The van der Waals surface area contributed by atoms with E-state index in [0.29, 0.717) is 18.8 Å². The third-order valence-electron chi connectivity index (χ3n) is 3.80. The van der Waals surface area contributed by atoms with Gasteiger partial charge in [-0.3, -0.25) is 0 Å². The molecule has 1 N–H and O–H groups in total. The van der Waals surface area contributed by atoms with Gasteiger partial charge in [0, 0.05) is 5.54 Å². The first kappa shape index (κ1) is 19.5. The average molecular weight is 362 g/mol. The zero-order valence-corrected chi connectivity index (χ0v) is 16.0. The Kier molecular flexibility index (Phi) is 6.62. The van der Waals surface area contributed by atoms with Gasteiger partial charge in [-0.2, -0.15) is 0 Å². The van der Waals surface area contributed by atoms with E-state index in [-0.39, 0.29) is 4.90 Å². The molecule has 0 unspecified atom stereocenters. The van der Waals surface area contributed by atoms with Crippen LogP contribution in [0.15, 0.2) is 59.5 Å². The summed E-state index contributed by atoms with van der Waals surface area (Å²) in [6, 6.07) is 16.4. The van der Waals surface area contributed by atoms with Crippen LogP contribution in [-0.2, 0) is 16.4 Å². The highest BCUT2D eigenvalue weighted by atomic mass is 32.2. The van der Waals surface area contributed by atoms with Gasteiger partial charge in [0.15, 0.2) is 0 Å². The molecule has 136 valence electrons. The molecule has 2 aromatic rings. The maximum Gasteiger partial charge on any atom is 0.241 e. The average Bonchev–Trinajstić information content (AvgIpc) is 2.55. The standard InChI is InChI=1S/C20H27NO3S/c1-4-5-15-24-18-11-13-19(14-12-18)25(22,23)21-20(2,3)16-17-9-7-6-8-10-17/h6-14,21H,4-5,15-16H2,1-3H3. The lowest BCUT2D eigenvalue weighted by atomic mass is 9.96. The smallest absolute Gasteiger partial charge is 0.241 e. The van der Waals surface area contributed by atoms with E-state index in [1.165, 1.54) is 0 Å². The molecule has 0 aromatic heterocycles. The van der Waals surface area contributed by atoms with Gasteiger partial charge in [-0.05, 0) is 56.5 Å². The van der Waals surface area contributed by atoms with Crippen molar-refractivity contribution < 1.29 is 13.2 Å². The largest absolute Gasteiger partial charge is 0.494 e. The van der Waals surface area contributed by atoms with Crippen molar-refractivity contribution in [1.29, 1.82) is 0 Å². The van der Waals surface area contributed by atoms with E-state index in [1.54, 1.807) is 24.3 Å². The summed E-state index contributed by atoms with van der Waals surface area (Å²) in [5.41, 5.74) is 0.506. The number of rotatable bonds is 9. The maximum atomic E-state index is 12.7. The molecule has 0 saturated carbocycles. The van der Waals surface area contributed by atoms with Gasteiger partial charge in [0.2, 0.25) is 10.0 Å². The first-order valence-corrected chi connectivity index (χ1v) is 10.1. The zero-order valence-electron chi connectivity index (χ0n) is 15.2. The minimum atomic E-state index is -3.59. The first-order valence-electron chi connectivity index (χ1n) is 8.63. The molecule has 0 aliphatic rings. The summed E-state index contributed by atoms with van der Waals surface area (Å²) < 4.78 is 33.7. The van der Waals surface area contributed by atoms with Crippen LogP contribution < -0.4 is 9.46 Å². The number of ether oxygens (including phenoxy) is 1. The molecule has 4 nitrogen and oxygen atoms in total. The molecular formula is C20H27NO3S. The van der Waals surface area contributed by atoms with Crippen molar-refractivity contribution in [1.82, 2.24) is 4.72 Å². The van der Waals surface area contributed by atoms with Gasteiger partial charge in [-0.1, -0.05) is 43.7 Å². The van der Waals surface area contributed by atoms with Crippen LogP contribution in [0.5, 0.6) is 5.75 Å². The third-order valence-corrected chi connectivity index (χ3v) is 5.51. The lowest BCUT2D eigenvalue weighted by molar-refractivity contribution is 0.309. The molecule has 2 aromatic carbocycles. The van der Waals surface area contributed by atoms with Crippen LogP contribution in [0.4, 0.5) is 0 Å². The molecule has 0 atom stereocenters. The molecule has 0 radical (unpaired) electrons. The van der Waals surface area contributed by atoms with Gasteiger partial charge >= 0.3 is 0 Å². The predicted molar refractivity (Wildman–Crippen MR) is 101 cm³/mol. The molecule has 2 rings (SSSR count). The van der Waals surface area contributed by atoms with E-state index >= 15 is 0 Å². The highest BCUT2D eigenvalue weighted by Gasteiger charge is 2.26. The van der Waals surface area contributed by atoms with Gasteiger partial charge in [0.1, 0.15) is 5.75 Å². The second kappa shape index (κ2) is 8.50. The van der Waals surface area contributed by atoms with Crippen molar-refractivity contribution in [2.45, 2.75) is 50.5 Å². The minimum Gasteiger partial charge on any atom is -0.494 e. The summed E-state index contributed by atoms with van der Waals surface area (Å²) in [7, 11) is -3.59. The fourth-order valence-corrected chi connectivity index (χ4v) is 4.03. The van der Waals surface area contributed by atoms with Crippen LogP contribution in [0.3, 0.4) is 0 Å². The van der Waals surface area contributed by atoms with Crippen LogP contribution in [0, 0.1) is 0 Å². The Morgan fingerprint density at radius 3 is 2.24 bits per heavy atom. The summed E-state index contributed by atoms with van der Waals surface area (Å²) in [6.45, 7) is 6.52. The summed E-state index contributed by atoms with van der Waals surface area (Å²) in [4.78, 5) is 0.247. The molecule has 0 saturated heterocycles. The monoisotopic (exact) mass is 361 g/mol. The molecular weight excluding hydrogens is 334 g/mol. The Morgan fingerprint density at radius 1 is 1.00 bits per heavy atom. The lowest BCUT2D eigenvalue weighted by Crippen LogP contribution is -2.44. The zero-order chi connectivity index (χ0) is 18.3. The number of benzene rings is 2. The van der Waals surface area contributed by atoms with Gasteiger partial charge < -0.3 is 4.74 Å². The van der Waals surface area contributed by atoms with Crippen molar-refractivity contribution in [2.75, 3.05) is 6.61 Å². The van der Waals surface area contributed by atoms with Crippen LogP contribution >= 0.6 is 0 Å². The molecule has 0 aliphatic heterocycles. The number of unbranched alkanes of at least 4 members (excludes halogenated alkanes) is 1. The van der Waals surface area contributed by atoms with E-state index in [4.69, 9.17) is 4.74 Å². The normalized spacial score (nSPS) is 12.1. The van der Waals surface area contributed by atoms with Crippen LogP contribution in [0.2, 0.25) is 0 Å². The van der Waals surface area contributed by atoms with Gasteiger partial charge in [-0.15, -0.1) is 0 Å². The number of hydrogen-bond acceptors (Lipinski definition) is 3. The summed E-state index contributed by atoms with van der Waals surface area (Å²) in [6.07, 6.45) is 2.66. The Bertz CT molecular complexity index is 753.